The Balaban J connectivity index is 1.53. The SMILES string of the molecule is CCOC(=O)C1=C(C)N=c2s/c(=C/c3cc(C)n(-c4sc5c(c4C#N)CCCC5)c3C)c(=O)n2[C@H]1c1ccc(OC)cc1OC. The third-order valence-electron chi connectivity index (χ3n) is 8.48. The van der Waals surface area contributed by atoms with E-state index >= 15 is 0 Å². The highest BCUT2D eigenvalue weighted by Gasteiger charge is 2.35. The van der Waals surface area contributed by atoms with Gasteiger partial charge in [0, 0.05) is 27.9 Å². The van der Waals surface area contributed by atoms with Gasteiger partial charge in [-0.1, -0.05) is 11.3 Å². The van der Waals surface area contributed by atoms with Crippen LogP contribution in [0.15, 0.2) is 45.3 Å². The molecule has 0 fully saturated rings. The minimum Gasteiger partial charge on any atom is -0.497 e. The Morgan fingerprint density at radius 3 is 2.62 bits per heavy atom. The molecule has 6 rings (SSSR count). The zero-order valence-electron chi connectivity index (χ0n) is 26.1. The highest BCUT2D eigenvalue weighted by atomic mass is 32.1. The lowest BCUT2D eigenvalue weighted by molar-refractivity contribution is -0.139. The maximum Gasteiger partial charge on any atom is 0.338 e. The van der Waals surface area contributed by atoms with Gasteiger partial charge in [-0.2, -0.15) is 5.26 Å². The Kier molecular flexibility index (Phi) is 8.29. The number of nitriles is 1. The second kappa shape index (κ2) is 12.2. The van der Waals surface area contributed by atoms with E-state index in [0.29, 0.717) is 32.1 Å². The van der Waals surface area contributed by atoms with Gasteiger partial charge in [0.05, 0.1) is 42.2 Å². The summed E-state index contributed by atoms with van der Waals surface area (Å²) in [6.07, 6.45) is 6.08. The first-order valence-corrected chi connectivity index (χ1v) is 16.5. The number of thiophene rings is 1. The van der Waals surface area contributed by atoms with Gasteiger partial charge in [0.1, 0.15) is 28.6 Å². The summed E-state index contributed by atoms with van der Waals surface area (Å²) in [5.41, 5.74) is 5.88. The Morgan fingerprint density at radius 1 is 1.13 bits per heavy atom. The number of thiazole rings is 1. The van der Waals surface area contributed by atoms with Gasteiger partial charge in [0.25, 0.3) is 5.56 Å². The molecule has 0 bridgehead atoms. The van der Waals surface area contributed by atoms with Crippen LogP contribution in [0.3, 0.4) is 0 Å². The van der Waals surface area contributed by atoms with E-state index in [4.69, 9.17) is 19.2 Å². The Morgan fingerprint density at radius 2 is 1.91 bits per heavy atom. The quantitative estimate of drug-likeness (QED) is 0.262. The molecule has 0 N–H and O–H groups in total. The topological polar surface area (TPSA) is 108 Å². The zero-order chi connectivity index (χ0) is 32.0. The minimum atomic E-state index is -0.814. The standard InChI is InChI=1S/C34H34N4O5S2/c1-7-43-33(40)29-19(3)36-34-38(30(29)24-13-12-22(41-5)16-26(24)42-6)31(39)28(45-34)15-21-14-18(2)37(20(21)4)32-25(17-35)23-10-8-9-11-27(23)44-32/h12-16,30H,7-11H2,1-6H3/b28-15+/t30-/m0/s1. The van der Waals surface area contributed by atoms with Crippen LogP contribution in [0.4, 0.5) is 0 Å². The van der Waals surface area contributed by atoms with Crippen molar-refractivity contribution < 1.29 is 19.0 Å². The third-order valence-corrected chi connectivity index (χ3v) is 10.7. The fourth-order valence-corrected chi connectivity index (χ4v) is 8.83. The molecule has 0 amide bonds. The van der Waals surface area contributed by atoms with Crippen LogP contribution < -0.4 is 24.4 Å². The van der Waals surface area contributed by atoms with Crippen LogP contribution in [0.5, 0.6) is 11.5 Å². The Labute approximate surface area is 268 Å². The van der Waals surface area contributed by atoms with Crippen molar-refractivity contribution in [2.24, 2.45) is 4.99 Å². The summed E-state index contributed by atoms with van der Waals surface area (Å²) in [6.45, 7) is 7.73. The molecule has 0 spiro atoms. The highest BCUT2D eigenvalue weighted by molar-refractivity contribution is 7.15. The van der Waals surface area contributed by atoms with Gasteiger partial charge in [-0.15, -0.1) is 11.3 Å². The van der Waals surface area contributed by atoms with Gasteiger partial charge in [0.15, 0.2) is 4.80 Å². The molecule has 3 aromatic heterocycles. The van der Waals surface area contributed by atoms with Gasteiger partial charge in [-0.3, -0.25) is 9.36 Å². The molecule has 0 saturated heterocycles. The molecule has 11 heteroatoms. The number of methoxy groups -OCH3 is 2. The molecule has 4 aromatic rings. The number of esters is 1. The van der Waals surface area contributed by atoms with Gasteiger partial charge in [-0.05, 0) is 88.8 Å². The van der Waals surface area contributed by atoms with E-state index in [0.717, 1.165) is 53.2 Å². The minimum absolute atomic E-state index is 0.183. The van der Waals surface area contributed by atoms with E-state index < -0.39 is 12.0 Å². The molecule has 4 heterocycles. The molecule has 45 heavy (non-hydrogen) atoms. The van der Waals surface area contributed by atoms with E-state index in [1.165, 1.54) is 21.8 Å². The number of rotatable bonds is 7. The molecular formula is C34H34N4O5S2. The number of benzene rings is 1. The number of aromatic nitrogens is 2. The van der Waals surface area contributed by atoms with Gasteiger partial charge >= 0.3 is 5.97 Å². The van der Waals surface area contributed by atoms with E-state index in [1.807, 2.05) is 26.0 Å². The summed E-state index contributed by atoms with van der Waals surface area (Å²) in [5, 5.41) is 11.1. The van der Waals surface area contributed by atoms with Crippen LogP contribution in [-0.2, 0) is 22.4 Å². The van der Waals surface area contributed by atoms with E-state index in [9.17, 15) is 14.9 Å². The summed E-state index contributed by atoms with van der Waals surface area (Å²) in [4.78, 5) is 34.1. The predicted molar refractivity (Wildman–Crippen MR) is 174 cm³/mol. The number of aryl methyl sites for hydroxylation is 2. The van der Waals surface area contributed by atoms with Crippen LogP contribution >= 0.6 is 22.7 Å². The van der Waals surface area contributed by atoms with Crippen molar-refractivity contribution in [1.82, 2.24) is 9.13 Å². The van der Waals surface area contributed by atoms with Crippen molar-refractivity contribution in [2.45, 2.75) is 59.4 Å². The molecule has 232 valence electrons. The number of fused-ring (bicyclic) bond motifs is 2. The summed E-state index contributed by atoms with van der Waals surface area (Å²) in [5.74, 6) is 0.523. The van der Waals surface area contributed by atoms with Crippen LogP contribution in [-0.4, -0.2) is 35.9 Å². The Bertz CT molecular complexity index is 2100. The monoisotopic (exact) mass is 642 g/mol. The number of hydrogen-bond acceptors (Lipinski definition) is 9. The average molecular weight is 643 g/mol. The van der Waals surface area contributed by atoms with Gasteiger partial charge in [-0.25, -0.2) is 9.79 Å². The number of hydrogen-bond donors (Lipinski definition) is 0. The van der Waals surface area contributed by atoms with Crippen molar-refractivity contribution >= 4 is 34.7 Å². The van der Waals surface area contributed by atoms with Gasteiger partial charge in [0.2, 0.25) is 0 Å². The number of ether oxygens (including phenoxy) is 3. The first-order chi connectivity index (χ1) is 21.7. The number of carbonyl (C=O) groups is 1. The van der Waals surface area contributed by atoms with E-state index in [1.54, 1.807) is 62.2 Å². The number of nitrogens with zero attached hydrogens (tertiary/aromatic N) is 4. The fraction of sp³-hybridized carbons (Fsp3) is 0.353. The maximum atomic E-state index is 14.3. The summed E-state index contributed by atoms with van der Waals surface area (Å²) >= 11 is 2.98. The van der Waals surface area contributed by atoms with E-state index in [-0.39, 0.29) is 17.7 Å². The summed E-state index contributed by atoms with van der Waals surface area (Å²) in [6, 6.07) is 9.02. The second-order valence-corrected chi connectivity index (χ2v) is 13.2. The van der Waals surface area contributed by atoms with Crippen LogP contribution in [0, 0.1) is 25.2 Å². The van der Waals surface area contributed by atoms with E-state index in [2.05, 4.69) is 10.6 Å². The lowest BCUT2D eigenvalue weighted by Crippen LogP contribution is -2.40. The molecule has 0 radical (unpaired) electrons. The molecule has 9 nitrogen and oxygen atoms in total. The second-order valence-electron chi connectivity index (χ2n) is 11.1. The largest absolute Gasteiger partial charge is 0.497 e. The molecule has 2 aliphatic rings. The van der Waals surface area contributed by atoms with Crippen molar-refractivity contribution in [3.8, 4) is 22.6 Å². The molecule has 1 aliphatic heterocycles. The average Bonchev–Trinajstić information content (AvgIpc) is 3.65. The van der Waals surface area contributed by atoms with Crippen LogP contribution in [0.25, 0.3) is 11.1 Å². The molecule has 0 unspecified atom stereocenters. The van der Waals surface area contributed by atoms with Gasteiger partial charge < -0.3 is 18.8 Å². The van der Waals surface area contributed by atoms with Crippen LogP contribution in [0.1, 0.15) is 71.2 Å². The highest BCUT2D eigenvalue weighted by Crippen LogP contribution is 2.39. The summed E-state index contributed by atoms with van der Waals surface area (Å²) < 4.78 is 20.7. The normalized spacial score (nSPS) is 16.1. The van der Waals surface area contributed by atoms with Crippen molar-refractivity contribution in [3.05, 3.63) is 93.7 Å². The number of allylic oxidation sites excluding steroid dienone is 1. The molecular weight excluding hydrogens is 609 g/mol. The van der Waals surface area contributed by atoms with Crippen molar-refractivity contribution in [3.63, 3.8) is 0 Å². The fourth-order valence-electron chi connectivity index (χ4n) is 6.34. The molecule has 1 atom stereocenters. The first-order valence-electron chi connectivity index (χ1n) is 14.9. The van der Waals surface area contributed by atoms with Crippen LogP contribution in [0.2, 0.25) is 0 Å². The smallest absolute Gasteiger partial charge is 0.338 e. The zero-order valence-corrected chi connectivity index (χ0v) is 27.8. The lowest BCUT2D eigenvalue weighted by atomic mass is 9.95. The third kappa shape index (κ3) is 5.12. The van der Waals surface area contributed by atoms with Crippen molar-refractivity contribution in [1.29, 1.82) is 5.26 Å². The summed E-state index contributed by atoms with van der Waals surface area (Å²) in [7, 11) is 3.11. The molecule has 1 aromatic carbocycles. The van der Waals surface area contributed by atoms with Crippen molar-refractivity contribution in [2.75, 3.05) is 20.8 Å². The number of carbonyl (C=O) groups excluding carboxylic acids is 1. The molecule has 0 saturated carbocycles. The Hall–Kier alpha value is -4.40. The maximum absolute atomic E-state index is 14.3. The molecule has 1 aliphatic carbocycles. The first kappa shape index (κ1) is 30.6. The predicted octanol–water partition coefficient (Wildman–Crippen LogP) is 5.04. The lowest BCUT2D eigenvalue weighted by Gasteiger charge is -2.26.